The number of carbonyl (C=O) groups excluding carboxylic acids is 1. The van der Waals surface area contributed by atoms with Crippen molar-refractivity contribution in [3.05, 3.63) is 59.7 Å². The molecule has 0 saturated heterocycles. The minimum atomic E-state index is -4.54. The Morgan fingerprint density at radius 2 is 1.65 bits per heavy atom. The van der Waals surface area contributed by atoms with Crippen molar-refractivity contribution in [3.63, 3.8) is 0 Å². The van der Waals surface area contributed by atoms with E-state index in [1.54, 1.807) is 7.11 Å². The Morgan fingerprint density at radius 3 is 2.23 bits per heavy atom. The first kappa shape index (κ1) is 19.6. The van der Waals surface area contributed by atoms with Gasteiger partial charge in [0.15, 0.2) is 0 Å². The molecule has 0 aliphatic heterocycles. The Balaban J connectivity index is 2.02. The van der Waals surface area contributed by atoms with E-state index in [4.69, 9.17) is 4.74 Å². The lowest BCUT2D eigenvalue weighted by Gasteiger charge is -2.26. The van der Waals surface area contributed by atoms with Crippen molar-refractivity contribution in [2.45, 2.75) is 25.4 Å². The number of urea groups is 1. The molecule has 0 bridgehead atoms. The van der Waals surface area contributed by atoms with Crippen LogP contribution < -0.4 is 15.4 Å². The molecule has 0 spiro atoms. The van der Waals surface area contributed by atoms with Crippen molar-refractivity contribution in [1.82, 2.24) is 5.32 Å². The molecule has 0 heterocycles. The standard InChI is InChI=1S/C19H21F3N2O2/c1-18(2,13-8-10-14(26-3)11-9-13)12-23-17(25)24-16-7-5-4-6-15(16)19(20,21)22/h4-11H,12H2,1-3H3,(H2,23,24,25). The summed E-state index contributed by atoms with van der Waals surface area (Å²) in [6, 6.07) is 11.6. The van der Waals surface area contributed by atoms with Crippen LogP contribution in [0.1, 0.15) is 25.0 Å². The van der Waals surface area contributed by atoms with Crippen LogP contribution in [0, 0.1) is 0 Å². The average molecular weight is 366 g/mol. The third-order valence-corrected chi connectivity index (χ3v) is 4.04. The number of para-hydroxylation sites is 1. The third kappa shape index (κ3) is 4.91. The van der Waals surface area contributed by atoms with Gasteiger partial charge in [-0.1, -0.05) is 38.1 Å². The van der Waals surface area contributed by atoms with E-state index in [9.17, 15) is 18.0 Å². The normalized spacial score (nSPS) is 11.8. The second-order valence-electron chi connectivity index (χ2n) is 6.46. The summed E-state index contributed by atoms with van der Waals surface area (Å²) in [6.45, 7) is 4.11. The topological polar surface area (TPSA) is 50.4 Å². The van der Waals surface area contributed by atoms with Gasteiger partial charge < -0.3 is 15.4 Å². The molecular formula is C19H21F3N2O2. The molecule has 0 aliphatic rings. The number of carbonyl (C=O) groups is 1. The molecule has 2 aromatic carbocycles. The number of benzene rings is 2. The van der Waals surface area contributed by atoms with Gasteiger partial charge in [0.05, 0.1) is 18.4 Å². The summed E-state index contributed by atoms with van der Waals surface area (Å²) in [7, 11) is 1.57. The molecular weight excluding hydrogens is 345 g/mol. The predicted octanol–water partition coefficient (Wildman–Crippen LogP) is 4.81. The van der Waals surface area contributed by atoms with Crippen LogP contribution in [0.3, 0.4) is 0 Å². The minimum Gasteiger partial charge on any atom is -0.497 e. The smallest absolute Gasteiger partial charge is 0.418 e. The van der Waals surface area contributed by atoms with Crippen molar-refractivity contribution < 1.29 is 22.7 Å². The van der Waals surface area contributed by atoms with Gasteiger partial charge in [0.2, 0.25) is 0 Å². The van der Waals surface area contributed by atoms with Gasteiger partial charge in [-0.05, 0) is 29.8 Å². The SMILES string of the molecule is COc1ccc(C(C)(C)CNC(=O)Nc2ccccc2C(F)(F)F)cc1. The third-order valence-electron chi connectivity index (χ3n) is 4.04. The Hall–Kier alpha value is -2.70. The molecule has 0 fully saturated rings. The van der Waals surface area contributed by atoms with Gasteiger partial charge in [0.25, 0.3) is 0 Å². The summed E-state index contributed by atoms with van der Waals surface area (Å²) in [4.78, 5) is 12.1. The molecule has 2 N–H and O–H groups in total. The van der Waals surface area contributed by atoms with Gasteiger partial charge in [-0.15, -0.1) is 0 Å². The predicted molar refractivity (Wildman–Crippen MR) is 94.5 cm³/mol. The molecule has 0 atom stereocenters. The molecule has 0 aromatic heterocycles. The number of halogens is 3. The molecule has 2 aromatic rings. The van der Waals surface area contributed by atoms with E-state index in [0.717, 1.165) is 17.4 Å². The second-order valence-corrected chi connectivity index (χ2v) is 6.46. The number of amides is 2. The summed E-state index contributed by atoms with van der Waals surface area (Å²) in [5.74, 6) is 0.721. The average Bonchev–Trinajstić information content (AvgIpc) is 2.60. The number of nitrogens with one attached hydrogen (secondary N) is 2. The fraction of sp³-hybridized carbons (Fsp3) is 0.316. The highest BCUT2D eigenvalue weighted by molar-refractivity contribution is 5.90. The number of rotatable bonds is 5. The summed E-state index contributed by atoms with van der Waals surface area (Å²) in [5.41, 5.74) is -0.605. The lowest BCUT2D eigenvalue weighted by atomic mass is 9.84. The fourth-order valence-corrected chi connectivity index (χ4v) is 2.45. The number of alkyl halides is 3. The molecule has 0 unspecified atom stereocenters. The van der Waals surface area contributed by atoms with Crippen LogP contribution in [0.25, 0.3) is 0 Å². The van der Waals surface area contributed by atoms with Crippen LogP contribution >= 0.6 is 0 Å². The zero-order chi connectivity index (χ0) is 19.4. The monoisotopic (exact) mass is 366 g/mol. The summed E-state index contributed by atoms with van der Waals surface area (Å²) in [6.07, 6.45) is -4.54. The fourth-order valence-electron chi connectivity index (χ4n) is 2.45. The zero-order valence-corrected chi connectivity index (χ0v) is 14.8. The van der Waals surface area contributed by atoms with E-state index in [1.165, 1.54) is 18.2 Å². The molecule has 2 rings (SSSR count). The van der Waals surface area contributed by atoms with Crippen LogP contribution in [0.15, 0.2) is 48.5 Å². The number of methoxy groups -OCH3 is 1. The lowest BCUT2D eigenvalue weighted by molar-refractivity contribution is -0.136. The van der Waals surface area contributed by atoms with Crippen molar-refractivity contribution in [1.29, 1.82) is 0 Å². The van der Waals surface area contributed by atoms with Crippen LogP contribution in [-0.4, -0.2) is 19.7 Å². The number of anilines is 1. The first-order valence-corrected chi connectivity index (χ1v) is 7.99. The largest absolute Gasteiger partial charge is 0.497 e. The maximum absolute atomic E-state index is 13.0. The van der Waals surface area contributed by atoms with Crippen LogP contribution in [0.5, 0.6) is 5.75 Å². The van der Waals surface area contributed by atoms with Crippen molar-refractivity contribution in [2.24, 2.45) is 0 Å². The van der Waals surface area contributed by atoms with E-state index >= 15 is 0 Å². The zero-order valence-electron chi connectivity index (χ0n) is 14.8. The Bertz CT molecular complexity index is 756. The van der Waals surface area contributed by atoms with Crippen LogP contribution in [0.2, 0.25) is 0 Å². The van der Waals surface area contributed by atoms with Gasteiger partial charge in [-0.3, -0.25) is 0 Å². The van der Waals surface area contributed by atoms with E-state index in [-0.39, 0.29) is 12.2 Å². The number of ether oxygens (including phenoxy) is 1. The Kier molecular flexibility index (Phi) is 5.79. The van der Waals surface area contributed by atoms with E-state index in [0.29, 0.717) is 0 Å². The van der Waals surface area contributed by atoms with Gasteiger partial charge in [0.1, 0.15) is 5.75 Å². The maximum Gasteiger partial charge on any atom is 0.418 e. The number of hydrogen-bond donors (Lipinski definition) is 2. The van der Waals surface area contributed by atoms with Gasteiger partial charge in [0, 0.05) is 12.0 Å². The van der Waals surface area contributed by atoms with Crippen LogP contribution in [-0.2, 0) is 11.6 Å². The highest BCUT2D eigenvalue weighted by atomic mass is 19.4. The van der Waals surface area contributed by atoms with Crippen molar-refractivity contribution >= 4 is 11.7 Å². The molecule has 4 nitrogen and oxygen atoms in total. The first-order chi connectivity index (χ1) is 12.1. The molecule has 0 saturated carbocycles. The molecule has 7 heteroatoms. The maximum atomic E-state index is 13.0. The highest BCUT2D eigenvalue weighted by Crippen LogP contribution is 2.34. The van der Waals surface area contributed by atoms with Gasteiger partial charge in [-0.25, -0.2) is 4.79 Å². The van der Waals surface area contributed by atoms with Crippen molar-refractivity contribution in [2.75, 3.05) is 19.0 Å². The number of hydrogen-bond acceptors (Lipinski definition) is 2. The molecule has 0 aliphatic carbocycles. The quantitative estimate of drug-likeness (QED) is 0.798. The summed E-state index contributed by atoms with van der Waals surface area (Å²) in [5, 5.41) is 4.90. The van der Waals surface area contributed by atoms with Crippen molar-refractivity contribution in [3.8, 4) is 5.75 Å². The molecule has 140 valence electrons. The molecule has 26 heavy (non-hydrogen) atoms. The Labute approximate surface area is 150 Å². The summed E-state index contributed by atoms with van der Waals surface area (Å²) < 4.78 is 44.0. The van der Waals surface area contributed by atoms with E-state index in [1.807, 2.05) is 38.1 Å². The van der Waals surface area contributed by atoms with Gasteiger partial charge in [-0.2, -0.15) is 13.2 Å². The Morgan fingerprint density at radius 1 is 1.04 bits per heavy atom. The second kappa shape index (κ2) is 7.68. The van der Waals surface area contributed by atoms with Crippen LogP contribution in [0.4, 0.5) is 23.7 Å². The lowest BCUT2D eigenvalue weighted by Crippen LogP contribution is -2.39. The van der Waals surface area contributed by atoms with E-state index in [2.05, 4.69) is 10.6 Å². The van der Waals surface area contributed by atoms with Gasteiger partial charge >= 0.3 is 12.2 Å². The first-order valence-electron chi connectivity index (χ1n) is 7.99. The molecule has 0 radical (unpaired) electrons. The highest BCUT2D eigenvalue weighted by Gasteiger charge is 2.33. The summed E-state index contributed by atoms with van der Waals surface area (Å²) >= 11 is 0. The van der Waals surface area contributed by atoms with E-state index < -0.39 is 23.2 Å². The molecule has 2 amide bonds. The minimum absolute atomic E-state index is 0.249.